The molecule has 0 amide bonds. The number of methoxy groups -OCH3 is 1. The SMILES string of the molecule is CCOC(=O)CCCCCNCCOC. The van der Waals surface area contributed by atoms with E-state index in [-0.39, 0.29) is 5.97 Å². The minimum Gasteiger partial charge on any atom is -0.466 e. The first-order valence-electron chi connectivity index (χ1n) is 5.66. The number of carbonyl (C=O) groups is 1. The van der Waals surface area contributed by atoms with Gasteiger partial charge in [-0.1, -0.05) is 6.42 Å². The number of esters is 1. The fourth-order valence-corrected chi connectivity index (χ4v) is 1.23. The van der Waals surface area contributed by atoms with Crippen LogP contribution in [-0.4, -0.2) is 39.4 Å². The molecule has 4 heteroatoms. The van der Waals surface area contributed by atoms with Crippen LogP contribution in [0.3, 0.4) is 0 Å². The van der Waals surface area contributed by atoms with Gasteiger partial charge in [-0.05, 0) is 26.3 Å². The Hall–Kier alpha value is -0.610. The van der Waals surface area contributed by atoms with Gasteiger partial charge in [0.2, 0.25) is 0 Å². The molecule has 0 unspecified atom stereocenters. The monoisotopic (exact) mass is 217 g/mol. The predicted molar refractivity (Wildman–Crippen MR) is 59.8 cm³/mol. The van der Waals surface area contributed by atoms with Crippen LogP contribution in [-0.2, 0) is 14.3 Å². The maximum absolute atomic E-state index is 11.0. The number of carbonyl (C=O) groups excluding carboxylic acids is 1. The average Bonchev–Trinajstić information content (AvgIpc) is 2.22. The topological polar surface area (TPSA) is 47.6 Å². The lowest BCUT2D eigenvalue weighted by atomic mass is 10.2. The Bertz CT molecular complexity index is 151. The van der Waals surface area contributed by atoms with Crippen LogP contribution in [0.5, 0.6) is 0 Å². The quantitative estimate of drug-likeness (QED) is 0.443. The van der Waals surface area contributed by atoms with E-state index >= 15 is 0 Å². The third kappa shape index (κ3) is 11.3. The van der Waals surface area contributed by atoms with Gasteiger partial charge in [0.1, 0.15) is 0 Å². The van der Waals surface area contributed by atoms with E-state index in [1.165, 1.54) is 0 Å². The summed E-state index contributed by atoms with van der Waals surface area (Å²) in [5.74, 6) is -0.0788. The van der Waals surface area contributed by atoms with Crippen molar-refractivity contribution in [3.05, 3.63) is 0 Å². The molecule has 0 aromatic heterocycles. The smallest absolute Gasteiger partial charge is 0.305 e. The van der Waals surface area contributed by atoms with Crippen molar-refractivity contribution in [1.29, 1.82) is 0 Å². The first-order valence-corrected chi connectivity index (χ1v) is 5.66. The second kappa shape index (κ2) is 11.5. The predicted octanol–water partition coefficient (Wildman–Crippen LogP) is 1.35. The summed E-state index contributed by atoms with van der Waals surface area (Å²) in [4.78, 5) is 11.0. The summed E-state index contributed by atoms with van der Waals surface area (Å²) in [5, 5.41) is 3.26. The Morgan fingerprint density at radius 3 is 2.67 bits per heavy atom. The summed E-state index contributed by atoms with van der Waals surface area (Å²) in [6.07, 6.45) is 3.64. The van der Waals surface area contributed by atoms with Gasteiger partial charge < -0.3 is 14.8 Å². The molecule has 1 N–H and O–H groups in total. The Morgan fingerprint density at radius 1 is 1.20 bits per heavy atom. The van der Waals surface area contributed by atoms with E-state index < -0.39 is 0 Å². The second-order valence-electron chi connectivity index (χ2n) is 3.36. The van der Waals surface area contributed by atoms with Gasteiger partial charge >= 0.3 is 5.97 Å². The Labute approximate surface area is 92.3 Å². The molecule has 0 fully saturated rings. The van der Waals surface area contributed by atoms with Crippen molar-refractivity contribution in [2.24, 2.45) is 0 Å². The molecule has 0 rings (SSSR count). The summed E-state index contributed by atoms with van der Waals surface area (Å²) in [5.41, 5.74) is 0. The fraction of sp³-hybridized carbons (Fsp3) is 0.909. The van der Waals surface area contributed by atoms with E-state index in [2.05, 4.69) is 5.32 Å². The number of ether oxygens (including phenoxy) is 2. The van der Waals surface area contributed by atoms with E-state index in [1.807, 2.05) is 6.92 Å². The zero-order valence-electron chi connectivity index (χ0n) is 9.88. The zero-order valence-corrected chi connectivity index (χ0v) is 9.88. The molecule has 0 aliphatic rings. The number of unbranched alkanes of at least 4 members (excludes halogenated alkanes) is 2. The molecular weight excluding hydrogens is 194 g/mol. The third-order valence-electron chi connectivity index (χ3n) is 2.02. The van der Waals surface area contributed by atoms with Crippen molar-refractivity contribution in [1.82, 2.24) is 5.32 Å². The van der Waals surface area contributed by atoms with Crippen LogP contribution in [0.15, 0.2) is 0 Å². The Morgan fingerprint density at radius 2 is 2.00 bits per heavy atom. The van der Waals surface area contributed by atoms with Crippen molar-refractivity contribution < 1.29 is 14.3 Å². The lowest BCUT2D eigenvalue weighted by Crippen LogP contribution is -2.20. The van der Waals surface area contributed by atoms with Gasteiger partial charge in [0, 0.05) is 20.1 Å². The van der Waals surface area contributed by atoms with Gasteiger partial charge in [0.05, 0.1) is 13.2 Å². The van der Waals surface area contributed by atoms with Gasteiger partial charge in [-0.2, -0.15) is 0 Å². The van der Waals surface area contributed by atoms with Crippen LogP contribution < -0.4 is 5.32 Å². The van der Waals surface area contributed by atoms with E-state index in [1.54, 1.807) is 7.11 Å². The Kier molecular flexibility index (Phi) is 11.0. The highest BCUT2D eigenvalue weighted by Gasteiger charge is 1.99. The first kappa shape index (κ1) is 14.4. The maximum Gasteiger partial charge on any atom is 0.305 e. The molecule has 0 heterocycles. The minimum atomic E-state index is -0.0788. The Balaban J connectivity index is 3.01. The molecule has 4 nitrogen and oxygen atoms in total. The first-order chi connectivity index (χ1) is 7.31. The molecular formula is C11H23NO3. The summed E-state index contributed by atoms with van der Waals surface area (Å²) >= 11 is 0. The normalized spacial score (nSPS) is 10.3. The van der Waals surface area contributed by atoms with E-state index in [0.29, 0.717) is 13.0 Å². The molecule has 0 aromatic rings. The van der Waals surface area contributed by atoms with Gasteiger partial charge in [-0.25, -0.2) is 0 Å². The number of rotatable bonds is 10. The zero-order chi connectivity index (χ0) is 11.4. The lowest BCUT2D eigenvalue weighted by Gasteiger charge is -2.04. The van der Waals surface area contributed by atoms with Crippen LogP contribution in [0.25, 0.3) is 0 Å². The molecule has 90 valence electrons. The van der Waals surface area contributed by atoms with E-state index in [0.717, 1.165) is 39.0 Å². The number of nitrogens with one attached hydrogen (secondary N) is 1. The number of hydrogen-bond acceptors (Lipinski definition) is 4. The third-order valence-corrected chi connectivity index (χ3v) is 2.02. The lowest BCUT2D eigenvalue weighted by molar-refractivity contribution is -0.143. The van der Waals surface area contributed by atoms with Crippen molar-refractivity contribution in [2.45, 2.75) is 32.6 Å². The van der Waals surface area contributed by atoms with Crippen LogP contribution in [0.1, 0.15) is 32.6 Å². The fourth-order valence-electron chi connectivity index (χ4n) is 1.23. The van der Waals surface area contributed by atoms with Gasteiger partial charge in [-0.15, -0.1) is 0 Å². The van der Waals surface area contributed by atoms with Crippen LogP contribution >= 0.6 is 0 Å². The number of hydrogen-bond donors (Lipinski definition) is 1. The highest BCUT2D eigenvalue weighted by atomic mass is 16.5. The van der Waals surface area contributed by atoms with Gasteiger partial charge in [-0.3, -0.25) is 4.79 Å². The summed E-state index contributed by atoms with van der Waals surface area (Å²) in [6, 6.07) is 0. The van der Waals surface area contributed by atoms with Crippen LogP contribution in [0, 0.1) is 0 Å². The van der Waals surface area contributed by atoms with Crippen molar-refractivity contribution in [2.75, 3.05) is 33.4 Å². The molecule has 0 aliphatic heterocycles. The van der Waals surface area contributed by atoms with Crippen molar-refractivity contribution in [3.63, 3.8) is 0 Å². The molecule has 0 aliphatic carbocycles. The standard InChI is InChI=1S/C11H23NO3/c1-3-15-11(13)7-5-4-6-8-12-9-10-14-2/h12H,3-10H2,1-2H3. The summed E-state index contributed by atoms with van der Waals surface area (Å²) in [7, 11) is 1.70. The molecule has 0 saturated heterocycles. The minimum absolute atomic E-state index is 0.0788. The average molecular weight is 217 g/mol. The molecule has 15 heavy (non-hydrogen) atoms. The highest BCUT2D eigenvalue weighted by molar-refractivity contribution is 5.69. The molecule has 0 spiro atoms. The summed E-state index contributed by atoms with van der Waals surface area (Å²) < 4.78 is 9.73. The molecule has 0 radical (unpaired) electrons. The van der Waals surface area contributed by atoms with Gasteiger partial charge in [0.25, 0.3) is 0 Å². The molecule has 0 atom stereocenters. The van der Waals surface area contributed by atoms with Gasteiger partial charge in [0.15, 0.2) is 0 Å². The molecule has 0 saturated carbocycles. The summed E-state index contributed by atoms with van der Waals surface area (Å²) in [6.45, 7) is 4.96. The van der Waals surface area contributed by atoms with Crippen LogP contribution in [0.4, 0.5) is 0 Å². The van der Waals surface area contributed by atoms with Crippen molar-refractivity contribution in [3.8, 4) is 0 Å². The van der Waals surface area contributed by atoms with E-state index in [9.17, 15) is 4.79 Å². The highest BCUT2D eigenvalue weighted by Crippen LogP contribution is 2.00. The second-order valence-corrected chi connectivity index (χ2v) is 3.36. The van der Waals surface area contributed by atoms with E-state index in [4.69, 9.17) is 9.47 Å². The molecule has 0 bridgehead atoms. The van der Waals surface area contributed by atoms with Crippen molar-refractivity contribution >= 4 is 5.97 Å². The maximum atomic E-state index is 11.0. The van der Waals surface area contributed by atoms with Crippen LogP contribution in [0.2, 0.25) is 0 Å². The largest absolute Gasteiger partial charge is 0.466 e. The molecule has 0 aromatic carbocycles.